The summed E-state index contributed by atoms with van der Waals surface area (Å²) in [6.45, 7) is 5.24. The van der Waals surface area contributed by atoms with Crippen molar-refractivity contribution in [1.29, 1.82) is 0 Å². The van der Waals surface area contributed by atoms with Gasteiger partial charge >= 0.3 is 0 Å². The zero-order valence-corrected chi connectivity index (χ0v) is 12.7. The van der Waals surface area contributed by atoms with Gasteiger partial charge in [-0.2, -0.15) is 0 Å². The molecule has 0 amide bonds. The summed E-state index contributed by atoms with van der Waals surface area (Å²) in [6.07, 6.45) is 4.59. The summed E-state index contributed by atoms with van der Waals surface area (Å²) in [7, 11) is 0. The Labute approximate surface area is 128 Å². The van der Waals surface area contributed by atoms with Crippen molar-refractivity contribution < 1.29 is 4.74 Å². The molecular weight excluding hydrogens is 288 g/mol. The van der Waals surface area contributed by atoms with E-state index in [1.54, 1.807) is 0 Å². The minimum Gasteiger partial charge on any atom is -0.378 e. The van der Waals surface area contributed by atoms with Crippen LogP contribution in [-0.4, -0.2) is 52.0 Å². The Hall–Kier alpha value is -1.17. The highest BCUT2D eigenvalue weighted by molar-refractivity contribution is 6.29. The predicted octanol–water partition coefficient (Wildman–Crippen LogP) is 2.20. The van der Waals surface area contributed by atoms with E-state index < -0.39 is 0 Å². The highest BCUT2D eigenvalue weighted by atomic mass is 35.5. The molecule has 112 valence electrons. The average Bonchev–Trinajstić information content (AvgIpc) is 2.81. The molecular formula is C15H19ClN4O. The van der Waals surface area contributed by atoms with Crippen molar-refractivity contribution in [2.45, 2.75) is 25.4 Å². The van der Waals surface area contributed by atoms with Crippen LogP contribution in [0.15, 0.2) is 18.3 Å². The molecule has 0 saturated carbocycles. The van der Waals surface area contributed by atoms with E-state index in [0.717, 1.165) is 36.7 Å². The molecule has 0 bridgehead atoms. The van der Waals surface area contributed by atoms with Gasteiger partial charge in [0.1, 0.15) is 0 Å². The first-order valence-electron chi connectivity index (χ1n) is 7.59. The third-order valence-electron chi connectivity index (χ3n) is 4.72. The van der Waals surface area contributed by atoms with Gasteiger partial charge < -0.3 is 9.30 Å². The maximum absolute atomic E-state index is 5.89. The Kier molecular flexibility index (Phi) is 3.57. The fourth-order valence-corrected chi connectivity index (χ4v) is 3.48. The van der Waals surface area contributed by atoms with Crippen LogP contribution in [0.5, 0.6) is 0 Å². The molecule has 6 heteroatoms. The zero-order chi connectivity index (χ0) is 14.2. The lowest BCUT2D eigenvalue weighted by Crippen LogP contribution is -2.52. The van der Waals surface area contributed by atoms with Crippen molar-refractivity contribution in [3.63, 3.8) is 0 Å². The molecule has 2 aromatic rings. The van der Waals surface area contributed by atoms with E-state index in [2.05, 4.69) is 31.9 Å². The molecule has 2 saturated heterocycles. The van der Waals surface area contributed by atoms with Gasteiger partial charge in [-0.3, -0.25) is 4.90 Å². The van der Waals surface area contributed by atoms with E-state index in [4.69, 9.17) is 16.3 Å². The van der Waals surface area contributed by atoms with Gasteiger partial charge in [-0.1, -0.05) is 11.6 Å². The quantitative estimate of drug-likeness (QED) is 0.872. The van der Waals surface area contributed by atoms with E-state index in [-0.39, 0.29) is 0 Å². The monoisotopic (exact) mass is 306 g/mol. The van der Waals surface area contributed by atoms with Crippen LogP contribution in [0.3, 0.4) is 0 Å². The number of fused-ring (bicyclic) bond motifs is 1. The Morgan fingerprint density at radius 3 is 2.76 bits per heavy atom. The first kappa shape index (κ1) is 13.5. The molecule has 2 aromatic heterocycles. The van der Waals surface area contributed by atoms with Gasteiger partial charge in [-0.15, -0.1) is 10.2 Å². The minimum absolute atomic E-state index is 0.455. The number of nitrogens with zero attached hydrogens (tertiary/aromatic N) is 4. The number of halogens is 1. The molecule has 21 heavy (non-hydrogen) atoms. The fourth-order valence-electron chi connectivity index (χ4n) is 3.32. The molecule has 0 radical (unpaired) electrons. The summed E-state index contributed by atoms with van der Waals surface area (Å²) < 4.78 is 7.50. The summed E-state index contributed by atoms with van der Waals surface area (Å²) in [5.74, 6) is 0.718. The van der Waals surface area contributed by atoms with E-state index >= 15 is 0 Å². The van der Waals surface area contributed by atoms with Crippen molar-refractivity contribution in [3.8, 4) is 0 Å². The summed E-state index contributed by atoms with van der Waals surface area (Å²) in [5.41, 5.74) is 0.939. The molecule has 5 nitrogen and oxygen atoms in total. The smallest absolute Gasteiger partial charge is 0.162 e. The number of rotatable bonds is 3. The average molecular weight is 307 g/mol. The second kappa shape index (κ2) is 5.55. The van der Waals surface area contributed by atoms with Crippen LogP contribution >= 0.6 is 11.6 Å². The first-order chi connectivity index (χ1) is 10.3. The van der Waals surface area contributed by atoms with Gasteiger partial charge in [0.25, 0.3) is 0 Å². The molecule has 4 rings (SSSR count). The lowest BCUT2D eigenvalue weighted by Gasteiger charge is -2.41. The number of piperidine rings is 1. The van der Waals surface area contributed by atoms with Crippen LogP contribution in [0.2, 0.25) is 5.15 Å². The molecule has 0 spiro atoms. The Bertz CT molecular complexity index is 632. The van der Waals surface area contributed by atoms with Crippen LogP contribution in [0.1, 0.15) is 12.8 Å². The summed E-state index contributed by atoms with van der Waals surface area (Å²) in [4.78, 5) is 2.58. The van der Waals surface area contributed by atoms with Crippen LogP contribution in [0.4, 0.5) is 0 Å². The molecule has 2 fully saturated rings. The zero-order valence-electron chi connectivity index (χ0n) is 11.9. The summed E-state index contributed by atoms with van der Waals surface area (Å²) in [6, 6.07) is 4.61. The van der Waals surface area contributed by atoms with Crippen LogP contribution < -0.4 is 0 Å². The maximum Gasteiger partial charge on any atom is 0.162 e. The lowest BCUT2D eigenvalue weighted by atomic mass is 9.95. The van der Waals surface area contributed by atoms with E-state index in [0.29, 0.717) is 11.2 Å². The van der Waals surface area contributed by atoms with Gasteiger partial charge in [0.05, 0.1) is 19.3 Å². The number of likely N-dealkylation sites (tertiary alicyclic amines) is 1. The SMILES string of the molecule is Clc1cc2ccn(CC3CCN(C4COC4)CC3)c2nn1. The molecule has 0 aliphatic carbocycles. The summed E-state index contributed by atoms with van der Waals surface area (Å²) >= 11 is 5.89. The van der Waals surface area contributed by atoms with E-state index in [1.807, 2.05) is 6.07 Å². The van der Waals surface area contributed by atoms with Crippen LogP contribution in [-0.2, 0) is 11.3 Å². The van der Waals surface area contributed by atoms with Gasteiger partial charge in [0.2, 0.25) is 0 Å². The Balaban J connectivity index is 1.41. The second-order valence-corrected chi connectivity index (χ2v) is 6.47. The number of hydrogen-bond acceptors (Lipinski definition) is 4. The van der Waals surface area contributed by atoms with Gasteiger partial charge in [-0.25, -0.2) is 0 Å². The predicted molar refractivity (Wildman–Crippen MR) is 81.4 cm³/mol. The molecule has 0 N–H and O–H groups in total. The highest BCUT2D eigenvalue weighted by Gasteiger charge is 2.29. The van der Waals surface area contributed by atoms with Crippen molar-refractivity contribution in [1.82, 2.24) is 19.7 Å². The van der Waals surface area contributed by atoms with Crippen molar-refractivity contribution in [3.05, 3.63) is 23.5 Å². The third-order valence-corrected chi connectivity index (χ3v) is 4.90. The topological polar surface area (TPSA) is 43.2 Å². The van der Waals surface area contributed by atoms with Crippen molar-refractivity contribution >= 4 is 22.6 Å². The van der Waals surface area contributed by atoms with E-state index in [1.165, 1.54) is 25.9 Å². The number of aromatic nitrogens is 3. The highest BCUT2D eigenvalue weighted by Crippen LogP contribution is 2.25. The van der Waals surface area contributed by atoms with Crippen molar-refractivity contribution in [2.75, 3.05) is 26.3 Å². The fraction of sp³-hybridized carbons (Fsp3) is 0.600. The minimum atomic E-state index is 0.455. The number of ether oxygens (including phenoxy) is 1. The molecule has 0 atom stereocenters. The van der Waals surface area contributed by atoms with Crippen LogP contribution in [0.25, 0.3) is 11.0 Å². The standard InChI is InChI=1S/C15H19ClN4O/c16-14-7-12-3-6-20(15(12)18-17-14)8-11-1-4-19(5-2-11)13-9-21-10-13/h3,6-7,11,13H,1-2,4-5,8-10H2. The van der Waals surface area contributed by atoms with Crippen LogP contribution in [0, 0.1) is 5.92 Å². The van der Waals surface area contributed by atoms with Gasteiger partial charge in [0.15, 0.2) is 10.8 Å². The molecule has 0 unspecified atom stereocenters. The molecule has 2 aliphatic heterocycles. The molecule has 2 aliphatic rings. The Morgan fingerprint density at radius 1 is 1.24 bits per heavy atom. The summed E-state index contributed by atoms with van der Waals surface area (Å²) in [5, 5.41) is 9.71. The Morgan fingerprint density at radius 2 is 2.05 bits per heavy atom. The largest absolute Gasteiger partial charge is 0.378 e. The third kappa shape index (κ3) is 2.65. The second-order valence-electron chi connectivity index (χ2n) is 6.08. The number of hydrogen-bond donors (Lipinski definition) is 0. The normalized spacial score (nSPS) is 21.8. The van der Waals surface area contributed by atoms with Gasteiger partial charge in [-0.05, 0) is 44.0 Å². The van der Waals surface area contributed by atoms with Crippen molar-refractivity contribution in [2.24, 2.45) is 5.92 Å². The molecule has 0 aromatic carbocycles. The maximum atomic E-state index is 5.89. The van der Waals surface area contributed by atoms with Gasteiger partial charge in [0, 0.05) is 18.1 Å². The lowest BCUT2D eigenvalue weighted by molar-refractivity contribution is -0.0742. The van der Waals surface area contributed by atoms with E-state index in [9.17, 15) is 0 Å². The first-order valence-corrected chi connectivity index (χ1v) is 7.97. The molecule has 4 heterocycles.